The van der Waals surface area contributed by atoms with Crippen molar-refractivity contribution < 1.29 is 8.42 Å². The second kappa shape index (κ2) is 7.20. The van der Waals surface area contributed by atoms with Crippen molar-refractivity contribution in [3.63, 3.8) is 0 Å². The van der Waals surface area contributed by atoms with Gasteiger partial charge in [-0.15, -0.1) is 0 Å². The Morgan fingerprint density at radius 3 is 2.45 bits per heavy atom. The molecule has 0 aromatic rings. The summed E-state index contributed by atoms with van der Waals surface area (Å²) in [5, 5.41) is 3.53. The molecule has 120 valence electrons. The van der Waals surface area contributed by atoms with E-state index in [1.54, 1.807) is 0 Å². The fraction of sp³-hybridized carbons (Fsp3) is 1.00. The standard InChI is InChI=1S/C14H31N3O2S/c1-12(2)17-9-6-7-13(8-10-17)15-11-14(3,4)16-20(5,18)19/h12-13,15-16H,6-11H2,1-5H3. The van der Waals surface area contributed by atoms with Crippen molar-refractivity contribution >= 4 is 10.0 Å². The summed E-state index contributed by atoms with van der Waals surface area (Å²) in [6.07, 6.45) is 4.71. The summed E-state index contributed by atoms with van der Waals surface area (Å²) < 4.78 is 25.3. The Hall–Kier alpha value is -0.170. The van der Waals surface area contributed by atoms with Crippen LogP contribution < -0.4 is 10.0 Å². The van der Waals surface area contributed by atoms with Crippen LogP contribution >= 0.6 is 0 Å². The van der Waals surface area contributed by atoms with Crippen LogP contribution in [0, 0.1) is 0 Å². The lowest BCUT2D eigenvalue weighted by molar-refractivity contribution is 0.228. The van der Waals surface area contributed by atoms with Crippen molar-refractivity contribution in [1.29, 1.82) is 0 Å². The van der Waals surface area contributed by atoms with Gasteiger partial charge in [-0.2, -0.15) is 0 Å². The maximum Gasteiger partial charge on any atom is 0.209 e. The third-order valence-electron chi connectivity index (χ3n) is 3.79. The van der Waals surface area contributed by atoms with Crippen molar-refractivity contribution in [2.45, 2.75) is 64.6 Å². The third kappa shape index (κ3) is 7.02. The van der Waals surface area contributed by atoms with Gasteiger partial charge in [0.25, 0.3) is 0 Å². The molecule has 0 aromatic heterocycles. The van der Waals surface area contributed by atoms with E-state index in [-0.39, 0.29) is 0 Å². The summed E-state index contributed by atoms with van der Waals surface area (Å²) in [6.45, 7) is 11.3. The summed E-state index contributed by atoms with van der Waals surface area (Å²) >= 11 is 0. The smallest absolute Gasteiger partial charge is 0.209 e. The fourth-order valence-corrected chi connectivity index (χ4v) is 3.85. The molecule has 6 heteroatoms. The normalized spacial score (nSPS) is 23.0. The summed E-state index contributed by atoms with van der Waals surface area (Å²) in [4.78, 5) is 2.52. The fourth-order valence-electron chi connectivity index (χ4n) is 2.78. The average Bonchev–Trinajstić information content (AvgIpc) is 2.48. The van der Waals surface area contributed by atoms with Crippen LogP contribution in [0.25, 0.3) is 0 Å². The van der Waals surface area contributed by atoms with Crippen molar-refractivity contribution in [2.75, 3.05) is 25.9 Å². The highest BCUT2D eigenvalue weighted by atomic mass is 32.2. The van der Waals surface area contributed by atoms with Gasteiger partial charge in [-0.3, -0.25) is 0 Å². The van der Waals surface area contributed by atoms with Gasteiger partial charge in [-0.1, -0.05) is 0 Å². The maximum atomic E-state index is 11.3. The molecule has 5 nitrogen and oxygen atoms in total. The molecule has 1 rings (SSSR count). The number of hydrogen-bond acceptors (Lipinski definition) is 4. The minimum absolute atomic E-state index is 0.447. The number of nitrogens with zero attached hydrogens (tertiary/aromatic N) is 1. The van der Waals surface area contributed by atoms with E-state index in [1.165, 1.54) is 19.2 Å². The first-order valence-corrected chi connectivity index (χ1v) is 9.44. The molecule has 0 aliphatic carbocycles. The van der Waals surface area contributed by atoms with Crippen LogP contribution in [0.3, 0.4) is 0 Å². The van der Waals surface area contributed by atoms with E-state index in [4.69, 9.17) is 0 Å². The molecule has 1 saturated heterocycles. The number of likely N-dealkylation sites (tertiary alicyclic amines) is 1. The Morgan fingerprint density at radius 1 is 1.25 bits per heavy atom. The topological polar surface area (TPSA) is 61.4 Å². The van der Waals surface area contributed by atoms with Crippen LogP contribution in [0.5, 0.6) is 0 Å². The molecule has 0 aromatic carbocycles. The molecular weight excluding hydrogens is 274 g/mol. The van der Waals surface area contributed by atoms with Crippen molar-refractivity contribution in [3.8, 4) is 0 Å². The molecule has 1 atom stereocenters. The summed E-state index contributed by atoms with van der Waals surface area (Å²) in [6, 6.07) is 1.09. The highest BCUT2D eigenvalue weighted by Crippen LogP contribution is 2.14. The largest absolute Gasteiger partial charge is 0.312 e. The van der Waals surface area contributed by atoms with E-state index in [1.807, 2.05) is 13.8 Å². The molecule has 1 aliphatic rings. The van der Waals surface area contributed by atoms with Gasteiger partial charge in [-0.05, 0) is 60.0 Å². The van der Waals surface area contributed by atoms with Crippen LogP contribution in [0.2, 0.25) is 0 Å². The molecule has 1 heterocycles. The Kier molecular flexibility index (Phi) is 6.44. The SMILES string of the molecule is CC(C)N1CCCC(NCC(C)(C)NS(C)(=O)=O)CC1. The number of rotatable bonds is 6. The van der Waals surface area contributed by atoms with Crippen LogP contribution in [0.15, 0.2) is 0 Å². The predicted octanol–water partition coefficient (Wildman–Crippen LogP) is 1.17. The molecule has 0 bridgehead atoms. The Balaban J connectivity index is 2.42. The van der Waals surface area contributed by atoms with Crippen molar-refractivity contribution in [3.05, 3.63) is 0 Å². The second-order valence-corrected chi connectivity index (χ2v) is 8.65. The predicted molar refractivity (Wildman–Crippen MR) is 84.4 cm³/mol. The Labute approximate surface area is 124 Å². The van der Waals surface area contributed by atoms with E-state index >= 15 is 0 Å². The highest BCUT2D eigenvalue weighted by molar-refractivity contribution is 7.88. The van der Waals surface area contributed by atoms with E-state index < -0.39 is 15.6 Å². The first kappa shape index (κ1) is 17.9. The molecule has 20 heavy (non-hydrogen) atoms. The van der Waals surface area contributed by atoms with Crippen molar-refractivity contribution in [1.82, 2.24) is 14.9 Å². The van der Waals surface area contributed by atoms with E-state index in [9.17, 15) is 8.42 Å². The molecule has 2 N–H and O–H groups in total. The molecule has 1 unspecified atom stereocenters. The summed E-state index contributed by atoms with van der Waals surface area (Å²) in [7, 11) is -3.16. The van der Waals surface area contributed by atoms with Gasteiger partial charge in [0.05, 0.1) is 6.26 Å². The minimum atomic E-state index is -3.16. The van der Waals surface area contributed by atoms with Crippen LogP contribution in [-0.2, 0) is 10.0 Å². The van der Waals surface area contributed by atoms with Gasteiger partial charge in [0.1, 0.15) is 0 Å². The van der Waals surface area contributed by atoms with Crippen LogP contribution in [-0.4, -0.2) is 56.8 Å². The van der Waals surface area contributed by atoms with Gasteiger partial charge >= 0.3 is 0 Å². The zero-order valence-corrected chi connectivity index (χ0v) is 14.4. The van der Waals surface area contributed by atoms with E-state index in [2.05, 4.69) is 28.8 Å². The molecule has 0 radical (unpaired) electrons. The summed E-state index contributed by atoms with van der Waals surface area (Å²) in [5.41, 5.74) is -0.447. The molecule has 0 spiro atoms. The number of nitrogens with one attached hydrogen (secondary N) is 2. The van der Waals surface area contributed by atoms with Gasteiger partial charge < -0.3 is 10.2 Å². The lowest BCUT2D eigenvalue weighted by Crippen LogP contribution is -2.51. The zero-order valence-electron chi connectivity index (χ0n) is 13.6. The zero-order chi connectivity index (χ0) is 15.4. The van der Waals surface area contributed by atoms with Gasteiger partial charge in [0, 0.05) is 24.2 Å². The van der Waals surface area contributed by atoms with Gasteiger partial charge in [0.15, 0.2) is 0 Å². The number of sulfonamides is 1. The second-order valence-electron chi connectivity index (χ2n) is 6.90. The quantitative estimate of drug-likeness (QED) is 0.773. The van der Waals surface area contributed by atoms with Crippen LogP contribution in [0.1, 0.15) is 47.0 Å². The Bertz CT molecular complexity index is 393. The van der Waals surface area contributed by atoms with E-state index in [0.29, 0.717) is 18.6 Å². The highest BCUT2D eigenvalue weighted by Gasteiger charge is 2.24. The summed E-state index contributed by atoms with van der Waals surface area (Å²) in [5.74, 6) is 0. The third-order valence-corrected chi connectivity index (χ3v) is 4.71. The molecule has 1 aliphatic heterocycles. The lowest BCUT2D eigenvalue weighted by atomic mass is 10.0. The van der Waals surface area contributed by atoms with E-state index in [0.717, 1.165) is 19.4 Å². The van der Waals surface area contributed by atoms with Crippen molar-refractivity contribution in [2.24, 2.45) is 0 Å². The minimum Gasteiger partial charge on any atom is -0.312 e. The molecule has 1 fully saturated rings. The molecular formula is C14H31N3O2S. The molecule has 0 saturated carbocycles. The first-order valence-electron chi connectivity index (χ1n) is 7.55. The van der Waals surface area contributed by atoms with Crippen LogP contribution in [0.4, 0.5) is 0 Å². The van der Waals surface area contributed by atoms with Gasteiger partial charge in [0.2, 0.25) is 10.0 Å². The number of hydrogen-bond donors (Lipinski definition) is 2. The Morgan fingerprint density at radius 2 is 1.90 bits per heavy atom. The monoisotopic (exact) mass is 305 g/mol. The molecule has 0 amide bonds. The average molecular weight is 305 g/mol. The maximum absolute atomic E-state index is 11.3. The first-order chi connectivity index (χ1) is 9.09. The van der Waals surface area contributed by atoms with Gasteiger partial charge in [-0.25, -0.2) is 13.1 Å². The lowest BCUT2D eigenvalue weighted by Gasteiger charge is -2.28.